The molecule has 1 aliphatic carbocycles. The van der Waals surface area contributed by atoms with Crippen molar-refractivity contribution in [2.24, 2.45) is 5.92 Å². The number of rotatable bonds is 5. The van der Waals surface area contributed by atoms with Gasteiger partial charge < -0.3 is 9.67 Å². The van der Waals surface area contributed by atoms with Gasteiger partial charge in [-0.25, -0.2) is 0 Å². The van der Waals surface area contributed by atoms with E-state index >= 15 is 0 Å². The molecular weight excluding hydrogens is 303 g/mol. The molecule has 1 N–H and O–H groups in total. The van der Waals surface area contributed by atoms with Crippen molar-refractivity contribution < 1.29 is 9.67 Å². The highest BCUT2D eigenvalue weighted by molar-refractivity contribution is 7.79. The van der Waals surface area contributed by atoms with Gasteiger partial charge in [-0.15, -0.1) is 6.58 Å². The van der Waals surface area contributed by atoms with Crippen LogP contribution in [0, 0.1) is 5.92 Å². The zero-order valence-corrected chi connectivity index (χ0v) is 14.1. The summed E-state index contributed by atoms with van der Waals surface area (Å²) in [5.41, 5.74) is -0.232. The maximum atomic E-state index is 14.3. The van der Waals surface area contributed by atoms with Crippen LogP contribution >= 0.6 is 7.14 Å². The lowest BCUT2D eigenvalue weighted by atomic mass is 10.0. The van der Waals surface area contributed by atoms with Gasteiger partial charge in [-0.1, -0.05) is 73.2 Å². The van der Waals surface area contributed by atoms with E-state index in [0.717, 1.165) is 29.9 Å². The summed E-state index contributed by atoms with van der Waals surface area (Å²) in [5.74, 6) is 0.0127. The fourth-order valence-corrected chi connectivity index (χ4v) is 7.15. The maximum absolute atomic E-state index is 14.3. The fraction of sp³-hybridized carbons (Fsp3) is 0.300. The molecule has 0 aromatic heterocycles. The highest BCUT2D eigenvalue weighted by Crippen LogP contribution is 2.54. The molecule has 0 bridgehead atoms. The van der Waals surface area contributed by atoms with Gasteiger partial charge in [0.2, 0.25) is 0 Å². The van der Waals surface area contributed by atoms with Crippen LogP contribution in [0.15, 0.2) is 73.3 Å². The second kappa shape index (κ2) is 6.86. The van der Waals surface area contributed by atoms with Gasteiger partial charge in [0.25, 0.3) is 0 Å². The first-order chi connectivity index (χ1) is 11.2. The average molecular weight is 326 g/mol. The van der Waals surface area contributed by atoms with Crippen LogP contribution in [0.1, 0.15) is 19.3 Å². The lowest BCUT2D eigenvalue weighted by Crippen LogP contribution is -2.33. The lowest BCUT2D eigenvalue weighted by molar-refractivity contribution is 0.135. The zero-order chi connectivity index (χ0) is 16.3. The lowest BCUT2D eigenvalue weighted by Gasteiger charge is -2.32. The second-order valence-corrected chi connectivity index (χ2v) is 9.16. The summed E-state index contributed by atoms with van der Waals surface area (Å²) in [5, 5.41) is 12.1. The van der Waals surface area contributed by atoms with E-state index in [4.69, 9.17) is 0 Å². The molecule has 0 saturated heterocycles. The monoisotopic (exact) mass is 326 g/mol. The summed E-state index contributed by atoms with van der Waals surface area (Å²) in [4.78, 5) is 0. The second-order valence-electron chi connectivity index (χ2n) is 6.22. The van der Waals surface area contributed by atoms with Crippen LogP contribution < -0.4 is 10.6 Å². The number of allylic oxidation sites excluding steroid dienone is 1. The molecule has 0 heterocycles. The number of hydrogen-bond donors (Lipinski definition) is 1. The molecule has 3 heteroatoms. The van der Waals surface area contributed by atoms with E-state index in [2.05, 4.69) is 6.58 Å². The molecule has 1 aliphatic rings. The normalized spacial score (nSPS) is 22.7. The summed E-state index contributed by atoms with van der Waals surface area (Å²) < 4.78 is 14.3. The van der Waals surface area contributed by atoms with E-state index in [-0.39, 0.29) is 11.6 Å². The quantitative estimate of drug-likeness (QED) is 0.672. The first-order valence-electron chi connectivity index (χ1n) is 8.19. The van der Waals surface area contributed by atoms with Gasteiger partial charge in [-0.05, 0) is 18.8 Å². The summed E-state index contributed by atoms with van der Waals surface area (Å²) in [7, 11) is -2.90. The largest absolute Gasteiger partial charge is 0.393 e. The molecule has 0 spiro atoms. The minimum atomic E-state index is -2.90. The van der Waals surface area contributed by atoms with E-state index in [1.807, 2.05) is 60.7 Å². The third-order valence-electron chi connectivity index (χ3n) is 4.91. The minimum absolute atomic E-state index is 0.0127. The van der Waals surface area contributed by atoms with Gasteiger partial charge in [0.1, 0.15) is 7.14 Å². The molecule has 120 valence electrons. The van der Waals surface area contributed by atoms with Crippen LogP contribution in [0.5, 0.6) is 0 Å². The molecule has 2 aromatic rings. The topological polar surface area (TPSA) is 37.3 Å². The molecule has 1 fully saturated rings. The number of aliphatic hydroxyl groups excluding tert-OH is 1. The van der Waals surface area contributed by atoms with Crippen LogP contribution in [0.4, 0.5) is 0 Å². The van der Waals surface area contributed by atoms with Crippen LogP contribution in [-0.2, 0) is 4.57 Å². The Morgan fingerprint density at radius 3 is 1.91 bits per heavy atom. The van der Waals surface area contributed by atoms with Crippen molar-refractivity contribution >= 4 is 17.8 Å². The van der Waals surface area contributed by atoms with Crippen LogP contribution in [0.2, 0.25) is 0 Å². The van der Waals surface area contributed by atoms with Crippen LogP contribution in [-0.4, -0.2) is 16.9 Å². The van der Waals surface area contributed by atoms with Gasteiger partial charge in [0.15, 0.2) is 0 Å². The summed E-state index contributed by atoms with van der Waals surface area (Å²) in [6.45, 7) is 3.97. The Hall–Kier alpha value is -1.63. The van der Waals surface area contributed by atoms with Crippen LogP contribution in [0.25, 0.3) is 0 Å². The van der Waals surface area contributed by atoms with Crippen molar-refractivity contribution in [3.63, 3.8) is 0 Å². The first-order valence-corrected chi connectivity index (χ1v) is 9.97. The van der Waals surface area contributed by atoms with Gasteiger partial charge in [0.05, 0.1) is 6.10 Å². The molecule has 3 unspecified atom stereocenters. The third kappa shape index (κ3) is 2.94. The van der Waals surface area contributed by atoms with Crippen molar-refractivity contribution in [1.29, 1.82) is 0 Å². The molecule has 3 rings (SSSR count). The molecule has 2 aromatic carbocycles. The van der Waals surface area contributed by atoms with E-state index < -0.39 is 13.2 Å². The van der Waals surface area contributed by atoms with Crippen LogP contribution in [0.3, 0.4) is 0 Å². The highest BCUT2D eigenvalue weighted by atomic mass is 31.2. The summed E-state index contributed by atoms with van der Waals surface area (Å²) in [6, 6.07) is 19.3. The molecule has 23 heavy (non-hydrogen) atoms. The molecular formula is C20H23O2P. The van der Waals surface area contributed by atoms with Crippen molar-refractivity contribution in [2.45, 2.75) is 31.0 Å². The predicted molar refractivity (Wildman–Crippen MR) is 97.1 cm³/mol. The van der Waals surface area contributed by atoms with Crippen molar-refractivity contribution in [3.05, 3.63) is 73.3 Å². The standard InChI is InChI=1S/C20H23O2P/c1-2-20(18-14-9-15-19(18)21)23(22,16-10-5-3-6-11-16)17-12-7-4-8-13-17/h2-8,10-13,18-21H,1,9,14-15H2. The molecule has 0 aliphatic heterocycles. The zero-order valence-electron chi connectivity index (χ0n) is 13.2. The Morgan fingerprint density at radius 1 is 1.00 bits per heavy atom. The third-order valence-corrected chi connectivity index (χ3v) is 8.48. The Balaban J connectivity index is 2.15. The van der Waals surface area contributed by atoms with Gasteiger partial charge in [-0.2, -0.15) is 0 Å². The Labute approximate surface area is 138 Å². The predicted octanol–water partition coefficient (Wildman–Crippen LogP) is 3.72. The van der Waals surface area contributed by atoms with E-state index in [1.165, 1.54) is 0 Å². The molecule has 2 nitrogen and oxygen atoms in total. The van der Waals surface area contributed by atoms with Gasteiger partial charge in [-0.3, -0.25) is 0 Å². The van der Waals surface area contributed by atoms with E-state index in [1.54, 1.807) is 6.08 Å². The first kappa shape index (κ1) is 16.2. The SMILES string of the molecule is C=CC(C1CCCC1O)P(=O)(c1ccccc1)c1ccccc1. The Morgan fingerprint density at radius 2 is 1.52 bits per heavy atom. The molecule has 0 radical (unpaired) electrons. The summed E-state index contributed by atoms with van der Waals surface area (Å²) in [6.07, 6.45) is 4.10. The fourth-order valence-electron chi connectivity index (χ4n) is 3.75. The van der Waals surface area contributed by atoms with Crippen molar-refractivity contribution in [3.8, 4) is 0 Å². The van der Waals surface area contributed by atoms with Gasteiger partial charge in [0, 0.05) is 16.3 Å². The van der Waals surface area contributed by atoms with E-state index in [0.29, 0.717) is 0 Å². The number of aliphatic hydroxyl groups is 1. The van der Waals surface area contributed by atoms with Crippen molar-refractivity contribution in [2.75, 3.05) is 0 Å². The molecule has 0 amide bonds. The summed E-state index contributed by atoms with van der Waals surface area (Å²) >= 11 is 0. The van der Waals surface area contributed by atoms with Gasteiger partial charge >= 0.3 is 0 Å². The number of hydrogen-bond acceptors (Lipinski definition) is 2. The Bertz CT molecular complexity index is 653. The van der Waals surface area contributed by atoms with Crippen molar-refractivity contribution in [1.82, 2.24) is 0 Å². The maximum Gasteiger partial charge on any atom is 0.150 e. The highest BCUT2D eigenvalue weighted by Gasteiger charge is 2.43. The minimum Gasteiger partial charge on any atom is -0.393 e. The smallest absolute Gasteiger partial charge is 0.150 e. The van der Waals surface area contributed by atoms with E-state index in [9.17, 15) is 9.67 Å². The number of benzene rings is 2. The molecule has 1 saturated carbocycles. The average Bonchev–Trinajstić information content (AvgIpc) is 3.03. The Kier molecular flexibility index (Phi) is 4.84. The molecule has 3 atom stereocenters.